The summed E-state index contributed by atoms with van der Waals surface area (Å²) in [5.74, 6) is 1.72. The molecule has 0 spiro atoms. The van der Waals surface area contributed by atoms with Crippen molar-refractivity contribution in [1.82, 2.24) is 15.1 Å². The van der Waals surface area contributed by atoms with Gasteiger partial charge in [-0.05, 0) is 41.0 Å². The lowest BCUT2D eigenvalue weighted by molar-refractivity contribution is 0.0340. The van der Waals surface area contributed by atoms with Gasteiger partial charge in [0.15, 0.2) is 0 Å². The van der Waals surface area contributed by atoms with Crippen molar-refractivity contribution in [3.8, 4) is 11.5 Å². The van der Waals surface area contributed by atoms with E-state index in [1.54, 1.807) is 14.2 Å². The molecule has 146 valence electrons. The molecule has 2 heterocycles. The van der Waals surface area contributed by atoms with Crippen LogP contribution in [0.3, 0.4) is 0 Å². The van der Waals surface area contributed by atoms with Crippen molar-refractivity contribution < 1.29 is 14.2 Å². The molecule has 1 unspecified atom stereocenters. The lowest BCUT2D eigenvalue weighted by Gasteiger charge is -2.09. The van der Waals surface area contributed by atoms with Crippen molar-refractivity contribution in [3.05, 3.63) is 77.1 Å². The fraction of sp³-hybridized carbons (Fsp3) is 0.318. The summed E-state index contributed by atoms with van der Waals surface area (Å²) in [5.41, 5.74) is 4.66. The van der Waals surface area contributed by atoms with Gasteiger partial charge in [0.2, 0.25) is 6.35 Å². The first-order valence-electron chi connectivity index (χ1n) is 9.43. The summed E-state index contributed by atoms with van der Waals surface area (Å²) in [6.07, 6.45) is 3.46. The quantitative estimate of drug-likeness (QED) is 0.683. The Bertz CT molecular complexity index is 831. The Labute approximate surface area is 165 Å². The van der Waals surface area contributed by atoms with Crippen LogP contribution in [0.5, 0.6) is 11.5 Å². The summed E-state index contributed by atoms with van der Waals surface area (Å²) >= 11 is 0. The molecule has 6 nitrogen and oxygen atoms in total. The van der Waals surface area contributed by atoms with E-state index in [0.29, 0.717) is 6.61 Å². The maximum Gasteiger partial charge on any atom is 0.206 e. The monoisotopic (exact) mass is 379 g/mol. The van der Waals surface area contributed by atoms with Gasteiger partial charge in [0.1, 0.15) is 11.5 Å². The number of aromatic nitrogens is 2. The molecule has 3 aromatic rings. The minimum Gasteiger partial charge on any atom is -0.497 e. The van der Waals surface area contributed by atoms with E-state index < -0.39 is 0 Å². The molecule has 2 aromatic carbocycles. The summed E-state index contributed by atoms with van der Waals surface area (Å²) in [4.78, 5) is 0. The molecule has 1 aliphatic heterocycles. The Balaban J connectivity index is 1.59. The van der Waals surface area contributed by atoms with Crippen LogP contribution in [0.15, 0.2) is 54.7 Å². The SMILES string of the molecule is COc1ccc(Cc2cn(C3NCCO3)nc2Cc2ccc(OC)cc2)cc1. The highest BCUT2D eigenvalue weighted by Crippen LogP contribution is 2.22. The average Bonchev–Trinajstić information content (AvgIpc) is 3.40. The van der Waals surface area contributed by atoms with E-state index in [4.69, 9.17) is 19.3 Å². The second-order valence-corrected chi connectivity index (χ2v) is 6.81. The molecule has 28 heavy (non-hydrogen) atoms. The van der Waals surface area contributed by atoms with Crippen LogP contribution >= 0.6 is 0 Å². The Morgan fingerprint density at radius 1 is 0.964 bits per heavy atom. The van der Waals surface area contributed by atoms with Crippen molar-refractivity contribution in [2.45, 2.75) is 19.2 Å². The standard InChI is InChI=1S/C22H25N3O3/c1-26-19-7-3-16(4-8-19)13-18-15-25(22-23-11-12-28-22)24-21(18)14-17-5-9-20(27-2)10-6-17/h3-10,15,22-23H,11-14H2,1-2H3. The van der Waals surface area contributed by atoms with Gasteiger partial charge < -0.3 is 14.2 Å². The molecule has 0 amide bonds. The van der Waals surface area contributed by atoms with E-state index in [9.17, 15) is 0 Å². The van der Waals surface area contributed by atoms with Crippen LogP contribution in [0, 0.1) is 0 Å². The second kappa shape index (κ2) is 8.46. The third-order valence-corrected chi connectivity index (χ3v) is 4.92. The Hall–Kier alpha value is -2.83. The van der Waals surface area contributed by atoms with E-state index >= 15 is 0 Å². The Kier molecular flexibility index (Phi) is 5.60. The summed E-state index contributed by atoms with van der Waals surface area (Å²) in [6.45, 7) is 1.54. The number of ether oxygens (including phenoxy) is 3. The molecule has 1 atom stereocenters. The molecule has 6 heteroatoms. The number of nitrogens with zero attached hydrogens (tertiary/aromatic N) is 2. The predicted octanol–water partition coefficient (Wildman–Crippen LogP) is 3.16. The third kappa shape index (κ3) is 4.18. The van der Waals surface area contributed by atoms with Gasteiger partial charge in [0.05, 0.1) is 26.5 Å². The normalized spacial score (nSPS) is 16.3. The number of hydrogen-bond donors (Lipinski definition) is 1. The van der Waals surface area contributed by atoms with Crippen LogP contribution in [0.2, 0.25) is 0 Å². The molecule has 0 bridgehead atoms. The highest BCUT2D eigenvalue weighted by atomic mass is 16.5. The molecular weight excluding hydrogens is 354 g/mol. The molecule has 1 saturated heterocycles. The van der Waals surface area contributed by atoms with E-state index in [1.807, 2.05) is 28.9 Å². The van der Waals surface area contributed by atoms with Crippen LogP contribution in [-0.2, 0) is 17.6 Å². The number of benzene rings is 2. The Morgan fingerprint density at radius 2 is 1.57 bits per heavy atom. The van der Waals surface area contributed by atoms with Crippen molar-refractivity contribution >= 4 is 0 Å². The van der Waals surface area contributed by atoms with Crippen molar-refractivity contribution in [1.29, 1.82) is 0 Å². The van der Waals surface area contributed by atoms with E-state index in [2.05, 4.69) is 35.8 Å². The molecule has 4 rings (SSSR count). The first-order chi connectivity index (χ1) is 13.7. The largest absolute Gasteiger partial charge is 0.497 e. The molecular formula is C22H25N3O3. The van der Waals surface area contributed by atoms with Gasteiger partial charge in [0, 0.05) is 25.6 Å². The van der Waals surface area contributed by atoms with E-state index in [-0.39, 0.29) is 6.35 Å². The van der Waals surface area contributed by atoms with Gasteiger partial charge in [0.25, 0.3) is 0 Å². The van der Waals surface area contributed by atoms with Gasteiger partial charge in [-0.1, -0.05) is 24.3 Å². The highest BCUT2D eigenvalue weighted by molar-refractivity contribution is 5.35. The fourth-order valence-electron chi connectivity index (χ4n) is 3.37. The zero-order chi connectivity index (χ0) is 19.3. The van der Waals surface area contributed by atoms with E-state index in [0.717, 1.165) is 36.6 Å². The molecule has 0 aliphatic carbocycles. The first kappa shape index (κ1) is 18.5. The van der Waals surface area contributed by atoms with Gasteiger partial charge >= 0.3 is 0 Å². The molecule has 0 radical (unpaired) electrons. The summed E-state index contributed by atoms with van der Waals surface area (Å²) in [7, 11) is 3.36. The third-order valence-electron chi connectivity index (χ3n) is 4.92. The second-order valence-electron chi connectivity index (χ2n) is 6.81. The summed E-state index contributed by atoms with van der Waals surface area (Å²) in [5, 5.41) is 8.15. The van der Waals surface area contributed by atoms with Crippen molar-refractivity contribution in [3.63, 3.8) is 0 Å². The number of rotatable bonds is 7. The van der Waals surface area contributed by atoms with Crippen LogP contribution < -0.4 is 14.8 Å². The van der Waals surface area contributed by atoms with Crippen LogP contribution in [0.25, 0.3) is 0 Å². The van der Waals surface area contributed by atoms with Crippen molar-refractivity contribution in [2.75, 3.05) is 27.4 Å². The van der Waals surface area contributed by atoms with Gasteiger partial charge in [-0.3, -0.25) is 5.32 Å². The van der Waals surface area contributed by atoms with Crippen LogP contribution in [0.4, 0.5) is 0 Å². The number of hydrogen-bond acceptors (Lipinski definition) is 5. The topological polar surface area (TPSA) is 57.5 Å². The zero-order valence-electron chi connectivity index (χ0n) is 16.2. The predicted molar refractivity (Wildman–Crippen MR) is 107 cm³/mol. The number of methoxy groups -OCH3 is 2. The van der Waals surface area contributed by atoms with Crippen molar-refractivity contribution in [2.24, 2.45) is 0 Å². The maximum absolute atomic E-state index is 5.72. The Morgan fingerprint density at radius 3 is 2.11 bits per heavy atom. The van der Waals surface area contributed by atoms with Gasteiger partial charge in [-0.2, -0.15) is 5.10 Å². The molecule has 1 fully saturated rings. The first-order valence-corrected chi connectivity index (χ1v) is 9.43. The lowest BCUT2D eigenvalue weighted by atomic mass is 10.0. The molecule has 1 aliphatic rings. The maximum atomic E-state index is 5.72. The van der Waals surface area contributed by atoms with E-state index in [1.165, 1.54) is 16.7 Å². The molecule has 1 N–H and O–H groups in total. The minimum atomic E-state index is -0.195. The average molecular weight is 379 g/mol. The van der Waals surface area contributed by atoms with Gasteiger partial charge in [-0.15, -0.1) is 0 Å². The fourth-order valence-corrected chi connectivity index (χ4v) is 3.37. The summed E-state index contributed by atoms with van der Waals surface area (Å²) in [6, 6.07) is 16.3. The van der Waals surface area contributed by atoms with Crippen LogP contribution in [0.1, 0.15) is 28.7 Å². The zero-order valence-corrected chi connectivity index (χ0v) is 16.2. The van der Waals surface area contributed by atoms with Crippen LogP contribution in [-0.4, -0.2) is 37.2 Å². The number of nitrogens with one attached hydrogen (secondary N) is 1. The lowest BCUT2D eigenvalue weighted by Crippen LogP contribution is -2.21. The highest BCUT2D eigenvalue weighted by Gasteiger charge is 2.20. The van der Waals surface area contributed by atoms with Gasteiger partial charge in [-0.25, -0.2) is 4.68 Å². The smallest absolute Gasteiger partial charge is 0.206 e. The minimum absolute atomic E-state index is 0.195. The molecule has 0 saturated carbocycles. The molecule has 1 aromatic heterocycles. The summed E-state index contributed by atoms with van der Waals surface area (Å²) < 4.78 is 18.1.